The van der Waals surface area contributed by atoms with Crippen molar-refractivity contribution in [2.75, 3.05) is 17.2 Å². The molecule has 0 fully saturated rings. The number of rotatable bonds is 3. The number of nitrogen functional groups attached to an aromatic ring is 1. The summed E-state index contributed by atoms with van der Waals surface area (Å²) in [6, 6.07) is 4.11. The summed E-state index contributed by atoms with van der Waals surface area (Å²) in [5.41, 5.74) is 5.73. The van der Waals surface area contributed by atoms with Crippen molar-refractivity contribution in [1.29, 1.82) is 0 Å². The standard InChI is InChI=1S/C11H9N5O4S/c12-11-14-13-9(21-11)4-15-7-3-6(16(18)19)1-2-8(7)20-5-10(15)17/h1-3H,4-5H2,(H2,12,14). The number of anilines is 2. The van der Waals surface area contributed by atoms with Crippen LogP contribution in [0.4, 0.5) is 16.5 Å². The third kappa shape index (κ3) is 2.48. The van der Waals surface area contributed by atoms with E-state index >= 15 is 0 Å². The molecule has 2 N–H and O–H groups in total. The molecule has 108 valence electrons. The van der Waals surface area contributed by atoms with Crippen LogP contribution >= 0.6 is 11.3 Å². The fraction of sp³-hybridized carbons (Fsp3) is 0.182. The molecule has 9 nitrogen and oxygen atoms in total. The fourth-order valence-electron chi connectivity index (χ4n) is 1.94. The molecule has 21 heavy (non-hydrogen) atoms. The summed E-state index contributed by atoms with van der Waals surface area (Å²) in [6.07, 6.45) is 0. The molecule has 2 heterocycles. The van der Waals surface area contributed by atoms with Crippen molar-refractivity contribution in [2.24, 2.45) is 0 Å². The van der Waals surface area contributed by atoms with Crippen molar-refractivity contribution in [3.63, 3.8) is 0 Å². The monoisotopic (exact) mass is 307 g/mol. The summed E-state index contributed by atoms with van der Waals surface area (Å²) in [6.45, 7) is 0.0182. The van der Waals surface area contributed by atoms with Gasteiger partial charge < -0.3 is 10.5 Å². The van der Waals surface area contributed by atoms with Crippen molar-refractivity contribution in [2.45, 2.75) is 6.54 Å². The molecule has 0 atom stereocenters. The number of amides is 1. The maximum absolute atomic E-state index is 12.0. The van der Waals surface area contributed by atoms with E-state index in [9.17, 15) is 14.9 Å². The Morgan fingerprint density at radius 3 is 2.95 bits per heavy atom. The molecule has 2 aromatic rings. The van der Waals surface area contributed by atoms with E-state index in [4.69, 9.17) is 10.5 Å². The van der Waals surface area contributed by atoms with Crippen molar-refractivity contribution >= 4 is 33.8 Å². The van der Waals surface area contributed by atoms with E-state index < -0.39 is 4.92 Å². The van der Waals surface area contributed by atoms with E-state index in [0.29, 0.717) is 21.6 Å². The zero-order valence-electron chi connectivity index (χ0n) is 10.6. The number of hydrogen-bond acceptors (Lipinski definition) is 8. The number of carbonyl (C=O) groups is 1. The molecule has 0 saturated carbocycles. The second kappa shape index (κ2) is 4.98. The van der Waals surface area contributed by atoms with Gasteiger partial charge in [0, 0.05) is 12.1 Å². The van der Waals surface area contributed by atoms with Gasteiger partial charge in [-0.1, -0.05) is 11.3 Å². The lowest BCUT2D eigenvalue weighted by Crippen LogP contribution is -2.38. The number of nitrogens with two attached hydrogens (primary N) is 1. The molecule has 0 radical (unpaired) electrons. The molecule has 0 spiro atoms. The van der Waals surface area contributed by atoms with Gasteiger partial charge in [0.25, 0.3) is 11.6 Å². The molecular weight excluding hydrogens is 298 g/mol. The van der Waals surface area contributed by atoms with E-state index in [2.05, 4.69) is 10.2 Å². The predicted molar refractivity (Wildman–Crippen MR) is 74.1 cm³/mol. The quantitative estimate of drug-likeness (QED) is 0.661. The van der Waals surface area contributed by atoms with Crippen LogP contribution in [0.25, 0.3) is 0 Å². The SMILES string of the molecule is Nc1nnc(CN2C(=O)COc3ccc([N+](=O)[O-])cc32)s1. The second-order valence-corrected chi connectivity index (χ2v) is 5.31. The van der Waals surface area contributed by atoms with Crippen LogP contribution in [-0.2, 0) is 11.3 Å². The smallest absolute Gasteiger partial charge is 0.271 e. The van der Waals surface area contributed by atoms with Gasteiger partial charge in [0.15, 0.2) is 6.61 Å². The van der Waals surface area contributed by atoms with Crippen LogP contribution in [0.5, 0.6) is 5.75 Å². The number of benzene rings is 1. The minimum atomic E-state index is -0.527. The summed E-state index contributed by atoms with van der Waals surface area (Å²) in [4.78, 5) is 23.7. The Bertz CT molecular complexity index is 731. The number of non-ortho nitro benzene ring substituents is 1. The van der Waals surface area contributed by atoms with Crippen molar-refractivity contribution in [1.82, 2.24) is 10.2 Å². The summed E-state index contributed by atoms with van der Waals surface area (Å²) < 4.78 is 5.27. The molecule has 0 aliphatic carbocycles. The Labute approximate surface area is 122 Å². The van der Waals surface area contributed by atoms with Crippen LogP contribution < -0.4 is 15.4 Å². The van der Waals surface area contributed by atoms with E-state index in [1.807, 2.05) is 0 Å². The van der Waals surface area contributed by atoms with Crippen LogP contribution in [0.3, 0.4) is 0 Å². The Balaban J connectivity index is 1.99. The summed E-state index contributed by atoms with van der Waals surface area (Å²) in [5, 5.41) is 19.2. The van der Waals surface area contributed by atoms with Crippen LogP contribution in [0.15, 0.2) is 18.2 Å². The number of hydrogen-bond donors (Lipinski definition) is 1. The zero-order valence-corrected chi connectivity index (χ0v) is 11.4. The summed E-state index contributed by atoms with van der Waals surface area (Å²) in [5.74, 6) is 0.106. The van der Waals surface area contributed by atoms with Gasteiger partial charge in [0.1, 0.15) is 10.8 Å². The van der Waals surface area contributed by atoms with Crippen LogP contribution in [0.2, 0.25) is 0 Å². The van der Waals surface area contributed by atoms with E-state index in [1.165, 1.54) is 23.1 Å². The van der Waals surface area contributed by atoms with Gasteiger partial charge in [-0.25, -0.2) is 0 Å². The van der Waals surface area contributed by atoms with Gasteiger partial charge in [-0.2, -0.15) is 0 Å². The Morgan fingerprint density at radius 2 is 2.29 bits per heavy atom. The molecule has 1 aliphatic heterocycles. The molecule has 3 rings (SSSR count). The average Bonchev–Trinajstić information content (AvgIpc) is 2.87. The molecular formula is C11H9N5O4S. The largest absolute Gasteiger partial charge is 0.482 e. The lowest BCUT2D eigenvalue weighted by Gasteiger charge is -2.28. The average molecular weight is 307 g/mol. The van der Waals surface area contributed by atoms with Gasteiger partial charge >= 0.3 is 0 Å². The predicted octanol–water partition coefficient (Wildman–Crippen LogP) is 0.954. The molecule has 1 aromatic heterocycles. The minimum absolute atomic E-state index is 0.117. The number of carbonyl (C=O) groups excluding carboxylic acids is 1. The first-order valence-electron chi connectivity index (χ1n) is 5.84. The number of ether oxygens (including phenoxy) is 1. The first-order chi connectivity index (χ1) is 10.0. The third-order valence-corrected chi connectivity index (χ3v) is 3.61. The number of fused-ring (bicyclic) bond motifs is 1. The van der Waals surface area contributed by atoms with E-state index in [-0.39, 0.29) is 24.7 Å². The lowest BCUT2D eigenvalue weighted by atomic mass is 10.2. The number of nitro groups is 1. The number of aromatic nitrogens is 2. The van der Waals surface area contributed by atoms with Gasteiger partial charge in [-0.05, 0) is 6.07 Å². The molecule has 1 aromatic carbocycles. The summed E-state index contributed by atoms with van der Waals surface area (Å²) >= 11 is 1.16. The first kappa shape index (κ1) is 13.2. The van der Waals surface area contributed by atoms with Crippen molar-refractivity contribution in [3.8, 4) is 5.75 Å². The Morgan fingerprint density at radius 1 is 1.48 bits per heavy atom. The highest BCUT2D eigenvalue weighted by Crippen LogP contribution is 2.36. The van der Waals surface area contributed by atoms with Crippen molar-refractivity contribution in [3.05, 3.63) is 33.3 Å². The third-order valence-electron chi connectivity index (χ3n) is 2.87. The van der Waals surface area contributed by atoms with Crippen molar-refractivity contribution < 1.29 is 14.5 Å². The second-order valence-electron chi connectivity index (χ2n) is 4.21. The highest BCUT2D eigenvalue weighted by atomic mass is 32.1. The topological polar surface area (TPSA) is 124 Å². The van der Waals surface area contributed by atoms with Gasteiger partial charge in [-0.3, -0.25) is 19.8 Å². The maximum Gasteiger partial charge on any atom is 0.271 e. The normalized spacial score (nSPS) is 13.7. The van der Waals surface area contributed by atoms with Gasteiger partial charge in [-0.15, -0.1) is 10.2 Å². The highest BCUT2D eigenvalue weighted by Gasteiger charge is 2.28. The molecule has 0 saturated heterocycles. The van der Waals surface area contributed by atoms with Gasteiger partial charge in [0.05, 0.1) is 17.2 Å². The summed E-state index contributed by atoms with van der Waals surface area (Å²) in [7, 11) is 0. The number of nitro benzene ring substituents is 1. The highest BCUT2D eigenvalue weighted by molar-refractivity contribution is 7.15. The molecule has 1 amide bonds. The van der Waals surface area contributed by atoms with Crippen LogP contribution in [0, 0.1) is 10.1 Å². The first-order valence-corrected chi connectivity index (χ1v) is 6.65. The molecule has 1 aliphatic rings. The number of nitrogens with zero attached hydrogens (tertiary/aromatic N) is 4. The van der Waals surface area contributed by atoms with E-state index in [0.717, 1.165) is 11.3 Å². The van der Waals surface area contributed by atoms with E-state index in [1.54, 1.807) is 0 Å². The van der Waals surface area contributed by atoms with Gasteiger partial charge in [0.2, 0.25) is 5.13 Å². The Kier molecular flexibility index (Phi) is 3.14. The molecule has 0 bridgehead atoms. The zero-order chi connectivity index (χ0) is 15.0. The lowest BCUT2D eigenvalue weighted by molar-refractivity contribution is -0.384. The molecule has 10 heteroatoms. The van der Waals surface area contributed by atoms with Crippen LogP contribution in [-0.4, -0.2) is 27.6 Å². The Hall–Kier alpha value is -2.75. The molecule has 0 unspecified atom stereocenters. The minimum Gasteiger partial charge on any atom is -0.482 e. The van der Waals surface area contributed by atoms with Crippen LogP contribution in [0.1, 0.15) is 5.01 Å². The fourth-order valence-corrected chi connectivity index (χ4v) is 2.54. The maximum atomic E-state index is 12.0.